The Morgan fingerprint density at radius 1 is 1.23 bits per heavy atom. The van der Waals surface area contributed by atoms with Crippen LogP contribution in [0.1, 0.15) is 54.8 Å². The van der Waals surface area contributed by atoms with Crippen LogP contribution in [0.2, 0.25) is 0 Å². The maximum Gasteiger partial charge on any atom is 0.276 e. The predicted molar refractivity (Wildman–Crippen MR) is 116 cm³/mol. The molecule has 2 aromatic heterocycles. The number of hydrogen-bond donors (Lipinski definition) is 1. The van der Waals surface area contributed by atoms with Gasteiger partial charge in [-0.2, -0.15) is 0 Å². The van der Waals surface area contributed by atoms with Crippen LogP contribution in [-0.4, -0.2) is 36.8 Å². The molecule has 7 nitrogen and oxygen atoms in total. The molecule has 0 aliphatic rings. The quantitative estimate of drug-likeness (QED) is 0.575. The van der Waals surface area contributed by atoms with E-state index in [2.05, 4.69) is 19.9 Å². The van der Waals surface area contributed by atoms with Gasteiger partial charge in [-0.05, 0) is 55.6 Å². The standard InChI is InChI=1S/C22H24FN5O2S/c1-4-22(2,3)25-20(29)19(16-6-5-11-24-12-16)28(21(30)18-14-31-27-26-18)13-15-7-9-17(23)10-8-15/h5-12,14,19H,4,13H2,1-3H3,(H,25,29). The highest BCUT2D eigenvalue weighted by Gasteiger charge is 2.35. The zero-order valence-corrected chi connectivity index (χ0v) is 18.4. The molecule has 9 heteroatoms. The fourth-order valence-corrected chi connectivity index (χ4v) is 3.40. The van der Waals surface area contributed by atoms with Crippen LogP contribution in [0.3, 0.4) is 0 Å². The molecular weight excluding hydrogens is 417 g/mol. The number of nitrogens with zero attached hydrogens (tertiary/aromatic N) is 4. The predicted octanol–water partition coefficient (Wildman–Crippen LogP) is 3.76. The summed E-state index contributed by atoms with van der Waals surface area (Å²) in [6.45, 7) is 5.89. The van der Waals surface area contributed by atoms with Gasteiger partial charge in [0.25, 0.3) is 5.91 Å². The third-order valence-electron chi connectivity index (χ3n) is 5.01. The molecule has 0 radical (unpaired) electrons. The Balaban J connectivity index is 2.05. The van der Waals surface area contributed by atoms with E-state index in [1.807, 2.05) is 20.8 Å². The van der Waals surface area contributed by atoms with Crippen molar-refractivity contribution in [3.63, 3.8) is 0 Å². The Labute approximate surface area is 184 Å². The number of carbonyl (C=O) groups excluding carboxylic acids is 2. The van der Waals surface area contributed by atoms with Gasteiger partial charge >= 0.3 is 0 Å². The SMILES string of the molecule is CCC(C)(C)NC(=O)C(c1cccnc1)N(Cc1ccc(F)cc1)C(=O)c1csnn1. The van der Waals surface area contributed by atoms with E-state index in [0.29, 0.717) is 17.5 Å². The van der Waals surface area contributed by atoms with Gasteiger partial charge in [-0.1, -0.05) is 29.6 Å². The highest BCUT2D eigenvalue weighted by Crippen LogP contribution is 2.26. The average molecular weight is 442 g/mol. The van der Waals surface area contributed by atoms with Gasteiger partial charge in [0.2, 0.25) is 5.91 Å². The van der Waals surface area contributed by atoms with E-state index in [9.17, 15) is 14.0 Å². The molecule has 0 aliphatic carbocycles. The summed E-state index contributed by atoms with van der Waals surface area (Å²) in [4.78, 5) is 32.4. The second kappa shape index (κ2) is 9.74. The molecule has 0 spiro atoms. The number of halogens is 1. The lowest BCUT2D eigenvalue weighted by molar-refractivity contribution is -0.127. The maximum atomic E-state index is 13.5. The van der Waals surface area contributed by atoms with Gasteiger partial charge in [0, 0.05) is 35.4 Å². The van der Waals surface area contributed by atoms with Crippen molar-refractivity contribution in [1.82, 2.24) is 24.8 Å². The molecule has 2 amide bonds. The highest BCUT2D eigenvalue weighted by atomic mass is 32.1. The van der Waals surface area contributed by atoms with Gasteiger partial charge < -0.3 is 10.2 Å². The number of rotatable bonds is 8. The molecule has 1 atom stereocenters. The zero-order valence-electron chi connectivity index (χ0n) is 17.6. The fourth-order valence-electron chi connectivity index (χ4n) is 2.97. The van der Waals surface area contributed by atoms with Crippen LogP contribution in [-0.2, 0) is 11.3 Å². The van der Waals surface area contributed by atoms with E-state index in [1.165, 1.54) is 22.4 Å². The van der Waals surface area contributed by atoms with Crippen molar-refractivity contribution in [3.8, 4) is 0 Å². The van der Waals surface area contributed by atoms with Crippen molar-refractivity contribution < 1.29 is 14.0 Å². The third kappa shape index (κ3) is 5.69. The van der Waals surface area contributed by atoms with E-state index < -0.39 is 17.5 Å². The molecule has 0 aliphatic heterocycles. The van der Waals surface area contributed by atoms with E-state index in [-0.39, 0.29) is 24.0 Å². The second-order valence-electron chi connectivity index (χ2n) is 7.77. The first kappa shape index (κ1) is 22.5. The lowest BCUT2D eigenvalue weighted by atomic mass is 9.99. The number of benzene rings is 1. The summed E-state index contributed by atoms with van der Waals surface area (Å²) in [7, 11) is 0. The van der Waals surface area contributed by atoms with Gasteiger partial charge in [0.05, 0.1) is 0 Å². The zero-order chi connectivity index (χ0) is 22.4. The normalized spacial score (nSPS) is 12.3. The largest absolute Gasteiger partial charge is 0.349 e. The summed E-state index contributed by atoms with van der Waals surface area (Å²) in [5, 5.41) is 8.45. The van der Waals surface area contributed by atoms with Crippen LogP contribution in [0.4, 0.5) is 4.39 Å². The van der Waals surface area contributed by atoms with E-state index >= 15 is 0 Å². The van der Waals surface area contributed by atoms with Crippen LogP contribution >= 0.6 is 11.5 Å². The summed E-state index contributed by atoms with van der Waals surface area (Å²) in [5.74, 6) is -1.16. The van der Waals surface area contributed by atoms with Gasteiger partial charge in [-0.15, -0.1) is 5.10 Å². The van der Waals surface area contributed by atoms with Crippen molar-refractivity contribution >= 4 is 23.3 Å². The summed E-state index contributed by atoms with van der Waals surface area (Å²) >= 11 is 1.05. The monoisotopic (exact) mass is 441 g/mol. The molecule has 162 valence electrons. The van der Waals surface area contributed by atoms with Crippen LogP contribution < -0.4 is 5.32 Å². The molecule has 0 saturated carbocycles. The number of amides is 2. The highest BCUT2D eigenvalue weighted by molar-refractivity contribution is 7.03. The minimum atomic E-state index is -0.959. The molecule has 3 aromatic rings. The smallest absolute Gasteiger partial charge is 0.276 e. The first-order valence-electron chi connectivity index (χ1n) is 9.85. The van der Waals surface area contributed by atoms with E-state index in [1.54, 1.807) is 36.7 Å². The van der Waals surface area contributed by atoms with Crippen molar-refractivity contribution in [2.75, 3.05) is 0 Å². The molecule has 1 N–H and O–H groups in total. The third-order valence-corrected chi connectivity index (χ3v) is 5.52. The first-order chi connectivity index (χ1) is 14.8. The topological polar surface area (TPSA) is 88.1 Å². The molecule has 1 aromatic carbocycles. The van der Waals surface area contributed by atoms with Crippen molar-refractivity contribution in [1.29, 1.82) is 0 Å². The average Bonchev–Trinajstić information content (AvgIpc) is 3.29. The van der Waals surface area contributed by atoms with Gasteiger partial charge in [-0.3, -0.25) is 14.6 Å². The fraction of sp³-hybridized carbons (Fsp3) is 0.318. The van der Waals surface area contributed by atoms with Crippen LogP contribution in [0.25, 0.3) is 0 Å². The molecule has 2 heterocycles. The Hall–Kier alpha value is -3.20. The number of nitrogens with one attached hydrogen (secondary N) is 1. The molecule has 3 rings (SSSR count). The van der Waals surface area contributed by atoms with Gasteiger partial charge in [0.1, 0.15) is 11.9 Å². The Morgan fingerprint density at radius 2 is 1.97 bits per heavy atom. The molecule has 1 unspecified atom stereocenters. The molecular formula is C22H24FN5O2S. The van der Waals surface area contributed by atoms with Crippen LogP contribution in [0.5, 0.6) is 0 Å². The van der Waals surface area contributed by atoms with Gasteiger partial charge in [-0.25, -0.2) is 4.39 Å². The summed E-state index contributed by atoms with van der Waals surface area (Å²) in [6, 6.07) is 8.32. The maximum absolute atomic E-state index is 13.5. The van der Waals surface area contributed by atoms with E-state index in [4.69, 9.17) is 0 Å². The number of carbonyl (C=O) groups is 2. The first-order valence-corrected chi connectivity index (χ1v) is 10.7. The molecule has 31 heavy (non-hydrogen) atoms. The summed E-state index contributed by atoms with van der Waals surface area (Å²) in [6.07, 6.45) is 3.87. The van der Waals surface area contributed by atoms with Crippen molar-refractivity contribution in [2.45, 2.75) is 45.3 Å². The van der Waals surface area contributed by atoms with Crippen LogP contribution in [0.15, 0.2) is 54.2 Å². The molecule has 0 bridgehead atoms. The molecule has 0 fully saturated rings. The van der Waals surface area contributed by atoms with Gasteiger partial charge in [0.15, 0.2) is 5.69 Å². The lowest BCUT2D eigenvalue weighted by Gasteiger charge is -2.34. The van der Waals surface area contributed by atoms with E-state index in [0.717, 1.165) is 11.5 Å². The Morgan fingerprint density at radius 3 is 2.55 bits per heavy atom. The molecule has 0 saturated heterocycles. The summed E-state index contributed by atoms with van der Waals surface area (Å²) in [5.41, 5.74) is 0.910. The van der Waals surface area contributed by atoms with Crippen LogP contribution in [0, 0.1) is 5.82 Å². The lowest BCUT2D eigenvalue weighted by Crippen LogP contribution is -2.50. The summed E-state index contributed by atoms with van der Waals surface area (Å²) < 4.78 is 17.2. The second-order valence-corrected chi connectivity index (χ2v) is 8.38. The number of pyridine rings is 1. The Bertz CT molecular complexity index is 1010. The number of hydrogen-bond acceptors (Lipinski definition) is 6. The van der Waals surface area contributed by atoms with Crippen molar-refractivity contribution in [3.05, 3.63) is 76.8 Å². The minimum absolute atomic E-state index is 0.0795. The minimum Gasteiger partial charge on any atom is -0.349 e. The van der Waals surface area contributed by atoms with Crippen molar-refractivity contribution in [2.24, 2.45) is 0 Å². The Kier molecular flexibility index (Phi) is 7.06. The number of aromatic nitrogens is 3.